The molecule has 0 radical (unpaired) electrons. The largest absolute Gasteiger partial charge is 0.460 e. The van der Waals surface area contributed by atoms with Crippen molar-refractivity contribution in [3.8, 4) is 0 Å². The van der Waals surface area contributed by atoms with Crippen LogP contribution in [0.1, 0.15) is 55.5 Å². The Morgan fingerprint density at radius 2 is 1.65 bits per heavy atom. The zero-order chi connectivity index (χ0) is 34.6. The number of rotatable bonds is 10. The third kappa shape index (κ3) is 7.87. The molecule has 9 nitrogen and oxygen atoms in total. The molecule has 0 spiro atoms. The van der Waals surface area contributed by atoms with Crippen LogP contribution in [0.5, 0.6) is 0 Å². The zero-order valence-electron chi connectivity index (χ0n) is 26.6. The number of nitrogens with zero attached hydrogens (tertiary/aromatic N) is 2. The molecule has 2 aliphatic rings. The van der Waals surface area contributed by atoms with Crippen molar-refractivity contribution >= 4 is 30.0 Å². The topological polar surface area (TPSA) is 105 Å². The number of β-lactam (4-membered cyclic amide) rings is 1. The quantitative estimate of drug-likeness (QED) is 0.214. The van der Waals surface area contributed by atoms with E-state index in [1.54, 1.807) is 32.9 Å². The summed E-state index contributed by atoms with van der Waals surface area (Å²) >= 11 is 0. The Labute approximate surface area is 276 Å². The Bertz CT molecular complexity index is 1670. The maximum Gasteiger partial charge on any atom is 0.416 e. The number of hydrogen-bond acceptors (Lipinski definition) is 6. The van der Waals surface area contributed by atoms with E-state index in [9.17, 15) is 32.3 Å². The molecule has 1 N–H and O–H groups in total. The molecule has 0 bridgehead atoms. The number of halogens is 3. The molecular weight excluding hydrogens is 627 g/mol. The summed E-state index contributed by atoms with van der Waals surface area (Å²) in [5.74, 6) is -2.13. The predicted molar refractivity (Wildman–Crippen MR) is 170 cm³/mol. The summed E-state index contributed by atoms with van der Waals surface area (Å²) in [5.41, 5.74) is -0.0572. The average molecular weight is 664 g/mol. The lowest BCUT2D eigenvalue weighted by Crippen LogP contribution is -2.74. The Hall–Kier alpha value is -5.13. The summed E-state index contributed by atoms with van der Waals surface area (Å²) in [5, 5.41) is 2.60. The van der Waals surface area contributed by atoms with E-state index in [1.165, 1.54) is 21.9 Å². The van der Waals surface area contributed by atoms with E-state index in [0.29, 0.717) is 0 Å². The number of nitrogens with one attached hydrogen (secondary N) is 1. The van der Waals surface area contributed by atoms with Gasteiger partial charge in [-0.05, 0) is 49.6 Å². The van der Waals surface area contributed by atoms with E-state index in [4.69, 9.17) is 9.47 Å². The van der Waals surface area contributed by atoms with Crippen LogP contribution in [0.4, 0.5) is 18.0 Å². The molecule has 0 saturated carbocycles. The van der Waals surface area contributed by atoms with Crippen molar-refractivity contribution in [3.05, 3.63) is 113 Å². The van der Waals surface area contributed by atoms with Crippen molar-refractivity contribution in [2.24, 2.45) is 0 Å². The molecule has 5 rings (SSSR count). The highest BCUT2D eigenvalue weighted by molar-refractivity contribution is 5.99. The Kier molecular flexibility index (Phi) is 9.92. The van der Waals surface area contributed by atoms with Crippen molar-refractivity contribution in [3.63, 3.8) is 0 Å². The van der Waals surface area contributed by atoms with E-state index in [2.05, 4.69) is 5.32 Å². The number of benzene rings is 3. The van der Waals surface area contributed by atoms with Gasteiger partial charge in [-0.1, -0.05) is 84.9 Å². The summed E-state index contributed by atoms with van der Waals surface area (Å²) in [6.45, 7) is 4.70. The molecule has 0 aromatic heterocycles. The molecule has 2 aliphatic heterocycles. The number of hydrogen-bond donors (Lipinski definition) is 1. The minimum Gasteiger partial charge on any atom is -0.460 e. The average Bonchev–Trinajstić information content (AvgIpc) is 3.41. The second-order valence-electron chi connectivity index (χ2n) is 12.6. The number of carbonyl (C=O) groups is 4. The van der Waals surface area contributed by atoms with E-state index in [0.717, 1.165) is 23.3 Å². The van der Waals surface area contributed by atoms with Crippen molar-refractivity contribution in [2.75, 3.05) is 6.61 Å². The van der Waals surface area contributed by atoms with Gasteiger partial charge >= 0.3 is 18.2 Å². The van der Waals surface area contributed by atoms with Crippen LogP contribution < -0.4 is 5.32 Å². The van der Waals surface area contributed by atoms with Crippen LogP contribution in [0, 0.1) is 0 Å². The van der Waals surface area contributed by atoms with Crippen LogP contribution in [-0.2, 0) is 36.6 Å². The number of likely N-dealkylation sites (tertiary alicyclic amines) is 1. The van der Waals surface area contributed by atoms with Crippen molar-refractivity contribution in [1.82, 2.24) is 15.1 Å². The van der Waals surface area contributed by atoms with Gasteiger partial charge in [-0.3, -0.25) is 19.3 Å². The molecule has 4 atom stereocenters. The fraction of sp³-hybridized carbons (Fsp3) is 0.333. The zero-order valence-corrected chi connectivity index (χ0v) is 26.6. The molecule has 2 saturated heterocycles. The number of cyclic esters (lactones) is 1. The van der Waals surface area contributed by atoms with Crippen molar-refractivity contribution < 1.29 is 41.8 Å². The summed E-state index contributed by atoms with van der Waals surface area (Å²) in [6, 6.07) is 18.8. The van der Waals surface area contributed by atoms with Gasteiger partial charge in [-0.25, -0.2) is 4.79 Å². The van der Waals surface area contributed by atoms with Gasteiger partial charge < -0.3 is 19.7 Å². The standard InChI is InChI=1S/C36H36F3N3O6/c1-35(2,3)48-30(43)20-28(32(44)40-21-24-13-10-16-26(19-24)36(37,38)39)41-27(18-17-23-11-6-4-7-12-23)31(33(41)45)42-29(22-47-34(42)46)25-14-8-5-9-15-25/h4-19,27-29,31H,20-22H2,1-3H3,(H,40,44)/b18-17+/t27-,28+,29+,31-/m1/s1. The Balaban J connectivity index is 1.48. The van der Waals surface area contributed by atoms with Crippen LogP contribution in [0.3, 0.4) is 0 Å². The first-order valence-electron chi connectivity index (χ1n) is 15.4. The highest BCUT2D eigenvalue weighted by atomic mass is 19.4. The lowest BCUT2D eigenvalue weighted by atomic mass is 9.87. The van der Waals surface area contributed by atoms with Gasteiger partial charge in [0, 0.05) is 6.54 Å². The highest BCUT2D eigenvalue weighted by Gasteiger charge is 2.58. The predicted octanol–water partition coefficient (Wildman–Crippen LogP) is 5.91. The highest BCUT2D eigenvalue weighted by Crippen LogP contribution is 2.39. The molecule has 0 aliphatic carbocycles. The van der Waals surface area contributed by atoms with Gasteiger partial charge in [0.25, 0.3) is 0 Å². The normalized spacial score (nSPS) is 20.3. The number of ether oxygens (including phenoxy) is 2. The van der Waals surface area contributed by atoms with E-state index >= 15 is 0 Å². The molecule has 252 valence electrons. The van der Waals surface area contributed by atoms with Crippen LogP contribution in [0.25, 0.3) is 6.08 Å². The fourth-order valence-electron chi connectivity index (χ4n) is 5.83. The van der Waals surface area contributed by atoms with Gasteiger partial charge in [-0.15, -0.1) is 0 Å². The van der Waals surface area contributed by atoms with Crippen molar-refractivity contribution in [2.45, 2.75) is 69.7 Å². The van der Waals surface area contributed by atoms with Gasteiger partial charge in [0.05, 0.1) is 24.1 Å². The lowest BCUT2D eigenvalue weighted by molar-refractivity contribution is -0.168. The van der Waals surface area contributed by atoms with E-state index < -0.39 is 71.8 Å². The van der Waals surface area contributed by atoms with E-state index in [-0.39, 0.29) is 18.7 Å². The fourth-order valence-corrected chi connectivity index (χ4v) is 5.83. The van der Waals surface area contributed by atoms with Gasteiger partial charge in [0.1, 0.15) is 24.3 Å². The molecule has 0 unspecified atom stereocenters. The first-order chi connectivity index (χ1) is 22.7. The SMILES string of the molecule is CC(C)(C)OC(=O)C[C@@H](C(=O)NCc1cccc(C(F)(F)F)c1)N1C(=O)[C@H](N2C(=O)OC[C@H]2c2ccccc2)[C@H]1/C=C/c1ccccc1. The van der Waals surface area contributed by atoms with Gasteiger partial charge in [0.2, 0.25) is 11.8 Å². The van der Waals surface area contributed by atoms with Crippen LogP contribution >= 0.6 is 0 Å². The van der Waals surface area contributed by atoms with Crippen LogP contribution in [0.15, 0.2) is 91.0 Å². The molecule has 2 fully saturated rings. The van der Waals surface area contributed by atoms with Gasteiger partial charge in [0.15, 0.2) is 0 Å². The number of esters is 1. The second kappa shape index (κ2) is 13.9. The molecule has 3 aromatic carbocycles. The number of amides is 3. The summed E-state index contributed by atoms with van der Waals surface area (Å²) < 4.78 is 50.8. The third-order valence-corrected chi connectivity index (χ3v) is 7.97. The van der Waals surface area contributed by atoms with Crippen molar-refractivity contribution in [1.29, 1.82) is 0 Å². The van der Waals surface area contributed by atoms with E-state index in [1.807, 2.05) is 60.7 Å². The Morgan fingerprint density at radius 1 is 0.979 bits per heavy atom. The Morgan fingerprint density at radius 3 is 2.29 bits per heavy atom. The number of carbonyl (C=O) groups excluding carboxylic acids is 4. The minimum atomic E-state index is -4.58. The first-order valence-corrected chi connectivity index (χ1v) is 15.4. The molecule has 2 heterocycles. The van der Waals surface area contributed by atoms with Crippen LogP contribution in [0.2, 0.25) is 0 Å². The smallest absolute Gasteiger partial charge is 0.416 e. The molecular formula is C36H36F3N3O6. The monoisotopic (exact) mass is 663 g/mol. The molecule has 3 aromatic rings. The van der Waals surface area contributed by atoms with Gasteiger partial charge in [-0.2, -0.15) is 13.2 Å². The minimum absolute atomic E-state index is 0.0144. The first kappa shape index (κ1) is 34.2. The lowest BCUT2D eigenvalue weighted by Gasteiger charge is -2.52. The second-order valence-corrected chi connectivity index (χ2v) is 12.6. The molecule has 48 heavy (non-hydrogen) atoms. The summed E-state index contributed by atoms with van der Waals surface area (Å²) in [7, 11) is 0. The van der Waals surface area contributed by atoms with Crippen LogP contribution in [-0.4, -0.2) is 64.0 Å². The molecule has 12 heteroatoms. The third-order valence-electron chi connectivity index (χ3n) is 7.97. The maximum absolute atomic E-state index is 14.1. The summed E-state index contributed by atoms with van der Waals surface area (Å²) in [6.07, 6.45) is -2.37. The summed E-state index contributed by atoms with van der Waals surface area (Å²) in [4.78, 5) is 56.8. The molecule has 3 amide bonds. The maximum atomic E-state index is 14.1. The number of alkyl halides is 3.